The zero-order valence-corrected chi connectivity index (χ0v) is 13.1. The van der Waals surface area contributed by atoms with Gasteiger partial charge < -0.3 is 5.11 Å². The van der Waals surface area contributed by atoms with Gasteiger partial charge >= 0.3 is 5.97 Å². The van der Waals surface area contributed by atoms with Crippen LogP contribution in [0.5, 0.6) is 0 Å². The number of sulfone groups is 1. The quantitative estimate of drug-likeness (QED) is 0.852. The molecule has 0 saturated carbocycles. The summed E-state index contributed by atoms with van der Waals surface area (Å²) in [6.07, 6.45) is 1.72. The van der Waals surface area contributed by atoms with Crippen molar-refractivity contribution in [3.63, 3.8) is 0 Å². The number of aliphatic carboxylic acids is 1. The molecular weight excluding hydrogens is 294 g/mol. The molecule has 1 N–H and O–H groups in total. The Hall–Kier alpha value is -1.41. The van der Waals surface area contributed by atoms with Gasteiger partial charge in [-0.05, 0) is 19.9 Å². The Morgan fingerprint density at radius 3 is 2.81 bits per heavy atom. The first-order chi connectivity index (χ1) is 9.77. The summed E-state index contributed by atoms with van der Waals surface area (Å²) in [5.74, 6) is -0.993. The van der Waals surface area contributed by atoms with Gasteiger partial charge in [0.15, 0.2) is 9.84 Å². The predicted octanol–water partition coefficient (Wildman–Crippen LogP) is 0.538. The summed E-state index contributed by atoms with van der Waals surface area (Å²) < 4.78 is 25.2. The molecule has 1 aromatic rings. The first-order valence-corrected chi connectivity index (χ1v) is 8.79. The normalized spacial score (nSPS) is 22.5. The molecule has 2 rings (SSSR count). The molecule has 7 nitrogen and oxygen atoms in total. The first kappa shape index (κ1) is 16.0. The number of carbonyl (C=O) groups is 1. The van der Waals surface area contributed by atoms with Crippen LogP contribution in [0.25, 0.3) is 0 Å². The van der Waals surface area contributed by atoms with E-state index in [2.05, 4.69) is 5.10 Å². The van der Waals surface area contributed by atoms with E-state index in [1.807, 2.05) is 35.7 Å². The number of aromatic nitrogens is 2. The summed E-state index contributed by atoms with van der Waals surface area (Å²) in [6, 6.07) is 1.67. The van der Waals surface area contributed by atoms with Crippen molar-refractivity contribution in [2.75, 3.05) is 18.1 Å². The van der Waals surface area contributed by atoms with E-state index in [0.29, 0.717) is 13.1 Å². The van der Waals surface area contributed by atoms with Crippen molar-refractivity contribution >= 4 is 15.8 Å². The van der Waals surface area contributed by atoms with Crippen LogP contribution in [0.15, 0.2) is 12.3 Å². The summed E-state index contributed by atoms with van der Waals surface area (Å²) in [7, 11) is -3.14. The second-order valence-corrected chi connectivity index (χ2v) is 7.95. The van der Waals surface area contributed by atoms with E-state index < -0.39 is 21.8 Å². The van der Waals surface area contributed by atoms with Gasteiger partial charge in [-0.15, -0.1) is 0 Å². The molecule has 1 atom stereocenters. The van der Waals surface area contributed by atoms with Crippen LogP contribution in [0, 0.1) is 0 Å². The second-order valence-electron chi connectivity index (χ2n) is 5.72. The number of hydrogen-bond acceptors (Lipinski definition) is 5. The topological polar surface area (TPSA) is 92.5 Å². The average molecular weight is 315 g/mol. The Morgan fingerprint density at radius 1 is 1.52 bits per heavy atom. The maximum Gasteiger partial charge on any atom is 0.304 e. The van der Waals surface area contributed by atoms with Crippen LogP contribution in [0.3, 0.4) is 0 Å². The van der Waals surface area contributed by atoms with E-state index in [4.69, 9.17) is 5.11 Å². The zero-order chi connectivity index (χ0) is 15.6. The molecule has 0 amide bonds. The third-order valence-electron chi connectivity index (χ3n) is 3.62. The lowest BCUT2D eigenvalue weighted by atomic mass is 10.2. The molecule has 1 saturated heterocycles. The van der Waals surface area contributed by atoms with E-state index in [1.54, 1.807) is 0 Å². The van der Waals surface area contributed by atoms with Crippen molar-refractivity contribution in [3.8, 4) is 0 Å². The van der Waals surface area contributed by atoms with E-state index in [1.165, 1.54) is 0 Å². The lowest BCUT2D eigenvalue weighted by Gasteiger charge is -2.34. The Labute approximate surface area is 124 Å². The number of carboxylic acids is 1. The minimum absolute atomic E-state index is 0.0774. The summed E-state index contributed by atoms with van der Waals surface area (Å²) in [5.41, 5.74) is 0.832. The fraction of sp³-hybridized carbons (Fsp3) is 0.692. The molecule has 0 spiro atoms. The van der Waals surface area contributed by atoms with Crippen molar-refractivity contribution in [1.82, 2.24) is 14.7 Å². The monoisotopic (exact) mass is 315 g/mol. The van der Waals surface area contributed by atoms with E-state index in [-0.39, 0.29) is 24.0 Å². The molecule has 2 heterocycles. The zero-order valence-electron chi connectivity index (χ0n) is 12.3. The number of rotatable bonds is 5. The largest absolute Gasteiger partial charge is 0.481 e. The molecule has 21 heavy (non-hydrogen) atoms. The molecule has 118 valence electrons. The van der Waals surface area contributed by atoms with Crippen molar-refractivity contribution in [3.05, 3.63) is 18.0 Å². The molecule has 0 aromatic carbocycles. The third-order valence-corrected chi connectivity index (χ3v) is 5.32. The van der Waals surface area contributed by atoms with Crippen LogP contribution >= 0.6 is 0 Å². The van der Waals surface area contributed by atoms with Gasteiger partial charge in [0.25, 0.3) is 0 Å². The molecule has 0 radical (unpaired) electrons. The maximum atomic E-state index is 11.7. The van der Waals surface area contributed by atoms with Crippen LogP contribution in [-0.2, 0) is 21.2 Å². The predicted molar refractivity (Wildman–Crippen MR) is 77.7 cm³/mol. The minimum atomic E-state index is -3.14. The molecule has 1 unspecified atom stereocenters. The van der Waals surface area contributed by atoms with Gasteiger partial charge in [-0.25, -0.2) is 8.42 Å². The second kappa shape index (κ2) is 6.15. The molecule has 1 aliphatic rings. The highest BCUT2D eigenvalue weighted by Crippen LogP contribution is 2.18. The molecule has 8 heteroatoms. The average Bonchev–Trinajstić information content (AvgIpc) is 2.80. The Bertz CT molecular complexity index is 609. The minimum Gasteiger partial charge on any atom is -0.481 e. The summed E-state index contributed by atoms with van der Waals surface area (Å²) in [6.45, 7) is 4.89. The van der Waals surface area contributed by atoms with Gasteiger partial charge in [0, 0.05) is 31.4 Å². The SMILES string of the molecule is CC(C)n1ccc(CN2CCS(=O)(=O)CC2CC(=O)O)n1. The van der Waals surface area contributed by atoms with Crippen molar-refractivity contribution in [1.29, 1.82) is 0 Å². The molecular formula is C13H21N3O4S. The first-order valence-electron chi connectivity index (χ1n) is 6.97. The standard InChI is InChI=1S/C13H21N3O4S/c1-10(2)16-4-3-11(14-16)8-15-5-6-21(19,20)9-12(15)7-13(17)18/h3-4,10,12H,5-9H2,1-2H3,(H,17,18). The van der Waals surface area contributed by atoms with E-state index in [9.17, 15) is 13.2 Å². The van der Waals surface area contributed by atoms with Gasteiger partial charge in [-0.1, -0.05) is 0 Å². The van der Waals surface area contributed by atoms with Crippen LogP contribution in [0.4, 0.5) is 0 Å². The van der Waals surface area contributed by atoms with Crippen molar-refractivity contribution in [2.45, 2.75) is 38.9 Å². The fourth-order valence-corrected chi connectivity index (χ4v) is 4.07. The van der Waals surface area contributed by atoms with Crippen LogP contribution in [-0.4, -0.2) is 58.3 Å². The van der Waals surface area contributed by atoms with Gasteiger partial charge in [-0.2, -0.15) is 5.10 Å². The summed E-state index contributed by atoms with van der Waals surface area (Å²) in [4.78, 5) is 12.8. The number of nitrogens with zero attached hydrogens (tertiary/aromatic N) is 3. The number of hydrogen-bond donors (Lipinski definition) is 1. The van der Waals surface area contributed by atoms with Gasteiger partial charge in [0.05, 0.1) is 23.6 Å². The summed E-state index contributed by atoms with van der Waals surface area (Å²) in [5, 5.41) is 13.4. The van der Waals surface area contributed by atoms with Crippen molar-refractivity contribution < 1.29 is 18.3 Å². The van der Waals surface area contributed by atoms with Gasteiger partial charge in [0.2, 0.25) is 0 Å². The lowest BCUT2D eigenvalue weighted by Crippen LogP contribution is -2.48. The van der Waals surface area contributed by atoms with Gasteiger partial charge in [-0.3, -0.25) is 14.4 Å². The van der Waals surface area contributed by atoms with Crippen LogP contribution < -0.4 is 0 Å². The number of carboxylic acid groups (broad SMARTS) is 1. The van der Waals surface area contributed by atoms with Crippen molar-refractivity contribution in [2.24, 2.45) is 0 Å². The highest BCUT2D eigenvalue weighted by molar-refractivity contribution is 7.91. The van der Waals surface area contributed by atoms with Gasteiger partial charge in [0.1, 0.15) is 0 Å². The molecule has 1 aliphatic heterocycles. The Kier molecular flexibility index (Phi) is 4.67. The Balaban J connectivity index is 2.10. The molecule has 0 aliphatic carbocycles. The van der Waals surface area contributed by atoms with E-state index in [0.717, 1.165) is 5.69 Å². The highest BCUT2D eigenvalue weighted by atomic mass is 32.2. The maximum absolute atomic E-state index is 11.7. The molecule has 1 fully saturated rings. The molecule has 1 aromatic heterocycles. The van der Waals surface area contributed by atoms with Crippen LogP contribution in [0.2, 0.25) is 0 Å². The molecule has 0 bridgehead atoms. The lowest BCUT2D eigenvalue weighted by molar-refractivity contribution is -0.138. The van der Waals surface area contributed by atoms with E-state index >= 15 is 0 Å². The van der Waals surface area contributed by atoms with Crippen LogP contribution in [0.1, 0.15) is 32.0 Å². The third kappa shape index (κ3) is 4.28. The summed E-state index contributed by atoms with van der Waals surface area (Å²) >= 11 is 0. The highest BCUT2D eigenvalue weighted by Gasteiger charge is 2.32. The smallest absolute Gasteiger partial charge is 0.304 e. The Morgan fingerprint density at radius 2 is 2.24 bits per heavy atom. The fourth-order valence-electron chi connectivity index (χ4n) is 2.48.